The molecule has 0 unspecified atom stereocenters. The second kappa shape index (κ2) is 5.04. The number of nitrogens with one attached hydrogen (secondary N) is 1. The Hall–Kier alpha value is -1.65. The molecule has 1 N–H and O–H groups in total. The van der Waals surface area contributed by atoms with Crippen molar-refractivity contribution in [2.75, 3.05) is 0 Å². The minimum Gasteiger partial charge on any atom is -0.309 e. The van der Waals surface area contributed by atoms with Crippen molar-refractivity contribution in [3.05, 3.63) is 51.3 Å². The Morgan fingerprint density at radius 2 is 2.15 bits per heavy atom. The molecule has 1 aliphatic heterocycles. The van der Waals surface area contributed by atoms with E-state index in [1.807, 2.05) is 32.2 Å². The zero-order valence-electron chi connectivity index (χ0n) is 11.5. The quantitative estimate of drug-likeness (QED) is 0.883. The van der Waals surface area contributed by atoms with Gasteiger partial charge in [-0.1, -0.05) is 23.7 Å². The van der Waals surface area contributed by atoms with Gasteiger partial charge in [0.2, 0.25) is 0 Å². The van der Waals surface area contributed by atoms with Crippen molar-refractivity contribution in [1.29, 1.82) is 0 Å². The number of aryl methyl sites for hydroxylation is 2. The molecule has 0 spiro atoms. The Balaban J connectivity index is 1.86. The molecule has 5 heteroatoms. The van der Waals surface area contributed by atoms with Crippen LogP contribution < -0.4 is 5.32 Å². The van der Waals surface area contributed by atoms with Gasteiger partial charge in [0.1, 0.15) is 0 Å². The molecule has 1 aromatic heterocycles. The van der Waals surface area contributed by atoms with Crippen LogP contribution in [-0.2, 0) is 26.6 Å². The van der Waals surface area contributed by atoms with Crippen molar-refractivity contribution < 1.29 is 4.79 Å². The van der Waals surface area contributed by atoms with Crippen LogP contribution in [0.5, 0.6) is 0 Å². The molecule has 0 saturated heterocycles. The second-order valence-corrected chi connectivity index (χ2v) is 5.53. The number of Topliss-reactive ketones (excluding diaryl/α,β-unsaturated/α-hetero) is 1. The maximum absolute atomic E-state index is 12.4. The number of carbonyl (C=O) groups excluding carboxylic acids is 1. The van der Waals surface area contributed by atoms with Crippen LogP contribution in [0.3, 0.4) is 0 Å². The van der Waals surface area contributed by atoms with E-state index in [2.05, 4.69) is 10.4 Å². The van der Waals surface area contributed by atoms with Gasteiger partial charge in [0.05, 0.1) is 22.8 Å². The van der Waals surface area contributed by atoms with Gasteiger partial charge in [-0.05, 0) is 24.1 Å². The topological polar surface area (TPSA) is 46.9 Å². The van der Waals surface area contributed by atoms with Crippen molar-refractivity contribution in [2.24, 2.45) is 7.05 Å². The number of nitrogens with zero attached hydrogens (tertiary/aromatic N) is 2. The van der Waals surface area contributed by atoms with Crippen molar-refractivity contribution in [3.8, 4) is 0 Å². The Morgan fingerprint density at radius 3 is 2.85 bits per heavy atom. The van der Waals surface area contributed by atoms with Gasteiger partial charge in [-0.2, -0.15) is 5.10 Å². The third kappa shape index (κ3) is 2.25. The van der Waals surface area contributed by atoms with E-state index in [-0.39, 0.29) is 12.2 Å². The minimum absolute atomic E-state index is 0.0737. The number of halogens is 1. The number of fused-ring (bicyclic) bond motifs is 1. The van der Waals surface area contributed by atoms with Gasteiger partial charge < -0.3 is 5.32 Å². The predicted molar refractivity (Wildman–Crippen MR) is 78.0 cm³/mol. The lowest BCUT2D eigenvalue weighted by atomic mass is 10.0. The van der Waals surface area contributed by atoms with E-state index in [0.717, 1.165) is 30.0 Å². The van der Waals surface area contributed by atoms with Gasteiger partial charge in [-0.3, -0.25) is 9.48 Å². The highest BCUT2D eigenvalue weighted by Gasteiger charge is 2.18. The van der Waals surface area contributed by atoms with Gasteiger partial charge in [0, 0.05) is 25.7 Å². The first-order chi connectivity index (χ1) is 9.56. The molecule has 1 aromatic carbocycles. The van der Waals surface area contributed by atoms with Crippen molar-refractivity contribution in [2.45, 2.75) is 26.4 Å². The molecule has 2 aromatic rings. The molecular formula is C15H16ClN3O. The number of rotatable bonds is 3. The van der Waals surface area contributed by atoms with Crippen LogP contribution in [0.4, 0.5) is 0 Å². The van der Waals surface area contributed by atoms with Crippen LogP contribution >= 0.6 is 11.6 Å². The van der Waals surface area contributed by atoms with Crippen LogP contribution in [0.2, 0.25) is 5.02 Å². The van der Waals surface area contributed by atoms with E-state index in [1.165, 1.54) is 11.1 Å². The molecule has 1 aliphatic rings. The van der Waals surface area contributed by atoms with Crippen molar-refractivity contribution in [3.63, 3.8) is 0 Å². The first-order valence-corrected chi connectivity index (χ1v) is 6.97. The number of hydrogen-bond donors (Lipinski definition) is 1. The fraction of sp³-hybridized carbons (Fsp3) is 0.333. The van der Waals surface area contributed by atoms with E-state index in [0.29, 0.717) is 5.02 Å². The highest BCUT2D eigenvalue weighted by atomic mass is 35.5. The zero-order chi connectivity index (χ0) is 14.3. The summed E-state index contributed by atoms with van der Waals surface area (Å²) < 4.78 is 1.69. The molecule has 2 heterocycles. The number of aromatic nitrogens is 2. The summed E-state index contributed by atoms with van der Waals surface area (Å²) in [5.41, 5.74) is 4.75. The van der Waals surface area contributed by atoms with Crippen LogP contribution in [-0.4, -0.2) is 15.6 Å². The molecule has 0 radical (unpaired) electrons. The summed E-state index contributed by atoms with van der Waals surface area (Å²) >= 11 is 6.19. The van der Waals surface area contributed by atoms with Gasteiger partial charge in [-0.15, -0.1) is 0 Å². The van der Waals surface area contributed by atoms with Crippen molar-refractivity contribution >= 4 is 17.4 Å². The van der Waals surface area contributed by atoms with Crippen LogP contribution in [0.15, 0.2) is 18.2 Å². The fourth-order valence-electron chi connectivity index (χ4n) is 2.59. The van der Waals surface area contributed by atoms with E-state index in [1.54, 1.807) is 4.68 Å². The standard InChI is InChI=1S/C15H16ClN3O/c1-9-15(16)13(19(2)18-9)6-14(20)10-3-4-11-7-17-8-12(11)5-10/h3-5,17H,6-8H2,1-2H3. The van der Waals surface area contributed by atoms with Gasteiger partial charge >= 0.3 is 0 Å². The van der Waals surface area contributed by atoms with Gasteiger partial charge in [0.25, 0.3) is 0 Å². The molecule has 0 amide bonds. The Labute approximate surface area is 122 Å². The Kier molecular flexibility index (Phi) is 3.36. The summed E-state index contributed by atoms with van der Waals surface area (Å²) in [6.07, 6.45) is 0.280. The molecule has 20 heavy (non-hydrogen) atoms. The second-order valence-electron chi connectivity index (χ2n) is 5.16. The third-order valence-corrected chi connectivity index (χ3v) is 4.24. The number of benzene rings is 1. The zero-order valence-corrected chi connectivity index (χ0v) is 12.3. The average molecular weight is 290 g/mol. The molecule has 0 atom stereocenters. The first-order valence-electron chi connectivity index (χ1n) is 6.60. The molecule has 104 valence electrons. The summed E-state index contributed by atoms with van der Waals surface area (Å²) in [5.74, 6) is 0.0737. The Morgan fingerprint density at radius 1 is 1.40 bits per heavy atom. The SMILES string of the molecule is Cc1nn(C)c(CC(=O)c2ccc3c(c2)CNC3)c1Cl. The summed E-state index contributed by atoms with van der Waals surface area (Å²) in [6.45, 7) is 3.57. The Bertz CT molecular complexity index is 691. The van der Waals surface area contributed by atoms with E-state index in [4.69, 9.17) is 11.6 Å². The van der Waals surface area contributed by atoms with E-state index < -0.39 is 0 Å². The maximum atomic E-state index is 12.4. The molecule has 0 aliphatic carbocycles. The number of hydrogen-bond acceptors (Lipinski definition) is 3. The summed E-state index contributed by atoms with van der Waals surface area (Å²) in [5, 5.41) is 8.10. The maximum Gasteiger partial charge on any atom is 0.168 e. The lowest BCUT2D eigenvalue weighted by Gasteiger charge is -2.05. The molecule has 0 saturated carbocycles. The number of carbonyl (C=O) groups is 1. The minimum atomic E-state index is 0.0737. The smallest absolute Gasteiger partial charge is 0.168 e. The van der Waals surface area contributed by atoms with E-state index in [9.17, 15) is 4.79 Å². The third-order valence-electron chi connectivity index (χ3n) is 3.75. The first kappa shape index (κ1) is 13.3. The summed E-state index contributed by atoms with van der Waals surface area (Å²) in [7, 11) is 1.81. The molecule has 4 nitrogen and oxygen atoms in total. The van der Waals surface area contributed by atoms with Crippen LogP contribution in [0.1, 0.15) is 32.9 Å². The predicted octanol–water partition coefficient (Wildman–Crippen LogP) is 2.41. The van der Waals surface area contributed by atoms with Crippen molar-refractivity contribution in [1.82, 2.24) is 15.1 Å². The van der Waals surface area contributed by atoms with Crippen LogP contribution in [0, 0.1) is 6.92 Å². The lowest BCUT2D eigenvalue weighted by molar-refractivity contribution is 0.0990. The normalized spacial score (nSPS) is 13.6. The molecular weight excluding hydrogens is 274 g/mol. The average Bonchev–Trinajstić information content (AvgIpc) is 2.98. The largest absolute Gasteiger partial charge is 0.309 e. The monoisotopic (exact) mass is 289 g/mol. The molecule has 3 rings (SSSR count). The van der Waals surface area contributed by atoms with Crippen LogP contribution in [0.25, 0.3) is 0 Å². The van der Waals surface area contributed by atoms with E-state index >= 15 is 0 Å². The summed E-state index contributed by atoms with van der Waals surface area (Å²) in [4.78, 5) is 12.4. The molecule has 0 bridgehead atoms. The number of ketones is 1. The molecule has 0 fully saturated rings. The lowest BCUT2D eigenvalue weighted by Crippen LogP contribution is -2.09. The summed E-state index contributed by atoms with van der Waals surface area (Å²) in [6, 6.07) is 5.90. The highest BCUT2D eigenvalue weighted by Crippen LogP contribution is 2.22. The van der Waals surface area contributed by atoms with Gasteiger partial charge in [-0.25, -0.2) is 0 Å². The highest BCUT2D eigenvalue weighted by molar-refractivity contribution is 6.32. The fourth-order valence-corrected chi connectivity index (χ4v) is 2.82. The van der Waals surface area contributed by atoms with Gasteiger partial charge in [0.15, 0.2) is 5.78 Å².